The van der Waals surface area contributed by atoms with Gasteiger partial charge < -0.3 is 14.5 Å². The fourth-order valence-corrected chi connectivity index (χ4v) is 3.21. The molecule has 2 aromatic carbocycles. The lowest BCUT2D eigenvalue weighted by Crippen LogP contribution is -2.58. The minimum absolute atomic E-state index is 0.775. The average molecular weight is 341 g/mol. The van der Waals surface area contributed by atoms with Crippen LogP contribution in [0.1, 0.15) is 6.42 Å². The molecule has 0 unspecified atom stereocenters. The van der Waals surface area contributed by atoms with Crippen LogP contribution in [0.4, 0.5) is 11.4 Å². The van der Waals surface area contributed by atoms with Crippen LogP contribution < -0.4 is 9.80 Å². The minimum atomic E-state index is 0.775. The molecule has 126 valence electrons. The van der Waals surface area contributed by atoms with Gasteiger partial charge in [-0.05, 0) is 42.9 Å². The number of ether oxygens (including phenoxy) is 1. The molecule has 4 nitrogen and oxygen atoms in total. The van der Waals surface area contributed by atoms with E-state index in [4.69, 9.17) is 17.0 Å². The highest BCUT2D eigenvalue weighted by Gasteiger charge is 2.28. The number of methoxy groups -OCH3 is 1. The maximum absolute atomic E-state index is 5.80. The topological polar surface area (TPSA) is 19.0 Å². The number of para-hydroxylation sites is 2. The van der Waals surface area contributed by atoms with Gasteiger partial charge in [-0.3, -0.25) is 4.90 Å². The smallest absolute Gasteiger partial charge is 0.182 e. The molecule has 1 fully saturated rings. The van der Waals surface area contributed by atoms with Crippen molar-refractivity contribution in [3.63, 3.8) is 0 Å². The summed E-state index contributed by atoms with van der Waals surface area (Å²) in [6, 6.07) is 20.7. The van der Waals surface area contributed by atoms with E-state index in [9.17, 15) is 0 Å². The Bertz CT molecular complexity index is 599. The lowest BCUT2D eigenvalue weighted by atomic mass is 10.2. The molecule has 0 saturated carbocycles. The van der Waals surface area contributed by atoms with Crippen LogP contribution in [-0.2, 0) is 4.74 Å². The van der Waals surface area contributed by atoms with E-state index in [2.05, 4.69) is 63.2 Å². The monoisotopic (exact) mass is 341 g/mol. The maximum Gasteiger partial charge on any atom is 0.182 e. The van der Waals surface area contributed by atoms with Crippen molar-refractivity contribution in [2.24, 2.45) is 0 Å². The van der Waals surface area contributed by atoms with Gasteiger partial charge in [-0.15, -0.1) is 0 Å². The third-order valence-corrected chi connectivity index (χ3v) is 4.54. The molecule has 0 aromatic heterocycles. The Morgan fingerprint density at radius 1 is 0.875 bits per heavy atom. The first-order chi connectivity index (χ1) is 11.8. The summed E-state index contributed by atoms with van der Waals surface area (Å²) in [6.45, 7) is 3.35. The molecule has 0 atom stereocenters. The SMILES string of the molecule is COCCCN1CN(c2ccccc2)C(=S)N(c2ccccc2)C1. The summed E-state index contributed by atoms with van der Waals surface area (Å²) in [4.78, 5) is 6.78. The molecule has 0 aliphatic carbocycles. The van der Waals surface area contributed by atoms with Crippen molar-refractivity contribution in [3.05, 3.63) is 60.7 Å². The van der Waals surface area contributed by atoms with Crippen molar-refractivity contribution in [2.45, 2.75) is 6.42 Å². The number of hydrogen-bond acceptors (Lipinski definition) is 3. The van der Waals surface area contributed by atoms with Gasteiger partial charge in [-0.1, -0.05) is 36.4 Å². The quantitative estimate of drug-likeness (QED) is 0.589. The van der Waals surface area contributed by atoms with Gasteiger partial charge in [-0.25, -0.2) is 0 Å². The summed E-state index contributed by atoms with van der Waals surface area (Å²) >= 11 is 5.80. The van der Waals surface area contributed by atoms with Gasteiger partial charge in [0.2, 0.25) is 0 Å². The van der Waals surface area contributed by atoms with E-state index in [-0.39, 0.29) is 0 Å². The van der Waals surface area contributed by atoms with Crippen LogP contribution in [0.3, 0.4) is 0 Å². The van der Waals surface area contributed by atoms with Crippen LogP contribution in [0.25, 0.3) is 0 Å². The van der Waals surface area contributed by atoms with Crippen molar-refractivity contribution in [1.82, 2.24) is 4.90 Å². The maximum atomic E-state index is 5.80. The first-order valence-electron chi connectivity index (χ1n) is 8.20. The second-order valence-corrected chi connectivity index (χ2v) is 6.20. The summed E-state index contributed by atoms with van der Waals surface area (Å²) in [7, 11) is 1.75. The fourth-order valence-electron chi connectivity index (χ4n) is 2.89. The molecule has 24 heavy (non-hydrogen) atoms. The fraction of sp³-hybridized carbons (Fsp3) is 0.316. The molecule has 1 aliphatic rings. The van der Waals surface area contributed by atoms with Crippen molar-refractivity contribution in [2.75, 3.05) is 43.4 Å². The number of nitrogens with zero attached hydrogens (tertiary/aromatic N) is 3. The van der Waals surface area contributed by atoms with Crippen LogP contribution in [0.5, 0.6) is 0 Å². The Labute approximate surface area is 149 Å². The van der Waals surface area contributed by atoms with Gasteiger partial charge in [0.25, 0.3) is 0 Å². The third kappa shape index (κ3) is 3.93. The first kappa shape index (κ1) is 16.9. The van der Waals surface area contributed by atoms with E-state index < -0.39 is 0 Å². The zero-order chi connectivity index (χ0) is 16.8. The van der Waals surface area contributed by atoms with Crippen LogP contribution in [0, 0.1) is 0 Å². The van der Waals surface area contributed by atoms with Crippen LogP contribution in [0.2, 0.25) is 0 Å². The summed E-state index contributed by atoms with van der Waals surface area (Å²) in [5.74, 6) is 0. The Hall–Kier alpha value is -1.95. The van der Waals surface area contributed by atoms with E-state index in [1.165, 1.54) is 0 Å². The zero-order valence-corrected chi connectivity index (χ0v) is 14.8. The van der Waals surface area contributed by atoms with Crippen molar-refractivity contribution in [3.8, 4) is 0 Å². The van der Waals surface area contributed by atoms with Gasteiger partial charge in [0, 0.05) is 31.6 Å². The van der Waals surface area contributed by atoms with Crippen molar-refractivity contribution in [1.29, 1.82) is 0 Å². The van der Waals surface area contributed by atoms with Crippen LogP contribution in [-0.4, -0.2) is 43.6 Å². The second-order valence-electron chi connectivity index (χ2n) is 5.83. The predicted octanol–water partition coefficient (Wildman–Crippen LogP) is 3.55. The number of thiocarbonyl (C=S) groups is 1. The molecule has 0 amide bonds. The molecule has 5 heteroatoms. The highest BCUT2D eigenvalue weighted by atomic mass is 32.1. The molecule has 0 bridgehead atoms. The Kier molecular flexibility index (Phi) is 5.80. The molecule has 3 rings (SSSR count). The summed E-state index contributed by atoms with van der Waals surface area (Å²) < 4.78 is 5.20. The van der Waals surface area contributed by atoms with Gasteiger partial charge >= 0.3 is 0 Å². The first-order valence-corrected chi connectivity index (χ1v) is 8.61. The van der Waals surface area contributed by atoms with E-state index >= 15 is 0 Å². The lowest BCUT2D eigenvalue weighted by molar-refractivity contribution is 0.172. The average Bonchev–Trinajstić information content (AvgIpc) is 2.64. The summed E-state index contributed by atoms with van der Waals surface area (Å²) in [5.41, 5.74) is 2.25. The number of rotatable bonds is 6. The van der Waals surface area contributed by atoms with Crippen molar-refractivity contribution < 1.29 is 4.74 Å². The molecular formula is C19H23N3OS. The summed E-state index contributed by atoms with van der Waals surface area (Å²) in [6.07, 6.45) is 1.01. The van der Waals surface area contributed by atoms with E-state index in [1.54, 1.807) is 7.11 Å². The lowest BCUT2D eigenvalue weighted by Gasteiger charge is -2.44. The Balaban J connectivity index is 1.84. The predicted molar refractivity (Wildman–Crippen MR) is 103 cm³/mol. The molecule has 1 heterocycles. The normalized spacial score (nSPS) is 15.8. The van der Waals surface area contributed by atoms with Crippen molar-refractivity contribution >= 4 is 28.7 Å². The molecule has 1 aliphatic heterocycles. The Morgan fingerprint density at radius 3 is 1.83 bits per heavy atom. The summed E-state index contributed by atoms with van der Waals surface area (Å²) in [5, 5.41) is 0.843. The van der Waals surface area contributed by atoms with Gasteiger partial charge in [0.1, 0.15) is 0 Å². The third-order valence-electron chi connectivity index (χ3n) is 4.10. The van der Waals surface area contributed by atoms with Crippen LogP contribution in [0.15, 0.2) is 60.7 Å². The van der Waals surface area contributed by atoms with E-state index in [0.717, 1.165) is 49.4 Å². The number of benzene rings is 2. The molecule has 1 saturated heterocycles. The Morgan fingerprint density at radius 2 is 1.38 bits per heavy atom. The molecule has 0 N–H and O–H groups in total. The highest BCUT2D eigenvalue weighted by molar-refractivity contribution is 7.80. The highest BCUT2D eigenvalue weighted by Crippen LogP contribution is 2.24. The van der Waals surface area contributed by atoms with Gasteiger partial charge in [-0.2, -0.15) is 0 Å². The van der Waals surface area contributed by atoms with E-state index in [1.807, 2.05) is 12.1 Å². The van der Waals surface area contributed by atoms with E-state index in [0.29, 0.717) is 0 Å². The standard InChI is InChI=1S/C19H23N3OS/c1-23-14-8-13-20-15-21(17-9-4-2-5-10-17)19(24)22(16-20)18-11-6-3-7-12-18/h2-7,9-12H,8,13-16H2,1H3. The largest absolute Gasteiger partial charge is 0.385 e. The minimum Gasteiger partial charge on any atom is -0.385 e. The second kappa shape index (κ2) is 8.24. The van der Waals surface area contributed by atoms with Gasteiger partial charge in [0.15, 0.2) is 5.11 Å². The number of anilines is 2. The molecule has 0 radical (unpaired) electrons. The molecular weight excluding hydrogens is 318 g/mol. The van der Waals surface area contributed by atoms with Crippen LogP contribution >= 0.6 is 12.2 Å². The number of hydrogen-bond donors (Lipinski definition) is 0. The molecule has 0 spiro atoms. The molecule has 2 aromatic rings. The van der Waals surface area contributed by atoms with Gasteiger partial charge in [0.05, 0.1) is 13.3 Å². The zero-order valence-electron chi connectivity index (χ0n) is 14.0.